The van der Waals surface area contributed by atoms with Gasteiger partial charge in [-0.05, 0) is 49.9 Å². The minimum absolute atomic E-state index is 0.111. The van der Waals surface area contributed by atoms with Gasteiger partial charge < -0.3 is 15.0 Å². The van der Waals surface area contributed by atoms with Crippen LogP contribution in [-0.4, -0.2) is 36.0 Å². The Morgan fingerprint density at radius 2 is 1.96 bits per heavy atom. The van der Waals surface area contributed by atoms with Crippen molar-refractivity contribution < 1.29 is 9.53 Å². The Bertz CT molecular complexity index is 789. The molecular weight excluding hydrogens is 324 g/mol. The highest BCUT2D eigenvalue weighted by atomic mass is 16.5. The number of nitrogens with one attached hydrogen (secondary N) is 1. The Kier molecular flexibility index (Phi) is 4.93. The van der Waals surface area contributed by atoms with E-state index < -0.39 is 0 Å². The summed E-state index contributed by atoms with van der Waals surface area (Å²) in [5.41, 5.74) is 3.07. The SMILES string of the molecule is Cc1cccc(COc2cccc(C(=O)N3CCC4CCC(C3)N4)c2)c1. The molecule has 1 amide bonds. The molecule has 0 aromatic heterocycles. The van der Waals surface area contributed by atoms with E-state index in [2.05, 4.69) is 30.4 Å². The van der Waals surface area contributed by atoms with E-state index >= 15 is 0 Å². The Hall–Kier alpha value is -2.33. The molecule has 0 spiro atoms. The largest absolute Gasteiger partial charge is 0.489 e. The van der Waals surface area contributed by atoms with Crippen molar-refractivity contribution in [3.8, 4) is 5.75 Å². The lowest BCUT2D eigenvalue weighted by atomic mass is 10.1. The lowest BCUT2D eigenvalue weighted by Gasteiger charge is -2.24. The fourth-order valence-electron chi connectivity index (χ4n) is 4.00. The lowest BCUT2D eigenvalue weighted by molar-refractivity contribution is 0.0747. The van der Waals surface area contributed by atoms with Gasteiger partial charge in [-0.3, -0.25) is 4.79 Å². The maximum absolute atomic E-state index is 12.9. The molecule has 2 aromatic rings. The number of fused-ring (bicyclic) bond motifs is 2. The van der Waals surface area contributed by atoms with Crippen molar-refractivity contribution >= 4 is 5.91 Å². The third-order valence-corrected chi connectivity index (χ3v) is 5.38. The molecule has 2 atom stereocenters. The van der Waals surface area contributed by atoms with Crippen LogP contribution in [0.2, 0.25) is 0 Å². The monoisotopic (exact) mass is 350 g/mol. The number of benzene rings is 2. The van der Waals surface area contributed by atoms with Gasteiger partial charge in [0.2, 0.25) is 0 Å². The number of aryl methyl sites for hydroxylation is 1. The highest BCUT2D eigenvalue weighted by molar-refractivity contribution is 5.94. The maximum atomic E-state index is 12.9. The molecule has 2 aromatic carbocycles. The Morgan fingerprint density at radius 3 is 2.85 bits per heavy atom. The molecule has 26 heavy (non-hydrogen) atoms. The van der Waals surface area contributed by atoms with Gasteiger partial charge in [0, 0.05) is 30.7 Å². The fourth-order valence-corrected chi connectivity index (χ4v) is 4.00. The minimum atomic E-state index is 0.111. The van der Waals surface area contributed by atoms with Crippen molar-refractivity contribution in [1.82, 2.24) is 10.2 Å². The molecule has 2 heterocycles. The quantitative estimate of drug-likeness (QED) is 0.917. The van der Waals surface area contributed by atoms with Crippen molar-refractivity contribution in [3.05, 3.63) is 65.2 Å². The van der Waals surface area contributed by atoms with Crippen LogP contribution in [-0.2, 0) is 6.61 Å². The van der Waals surface area contributed by atoms with Gasteiger partial charge in [-0.2, -0.15) is 0 Å². The second-order valence-corrected chi connectivity index (χ2v) is 7.48. The molecule has 0 saturated carbocycles. The number of carbonyl (C=O) groups excluding carboxylic acids is 1. The second kappa shape index (κ2) is 7.50. The van der Waals surface area contributed by atoms with E-state index in [0.29, 0.717) is 24.3 Å². The number of hydrogen-bond donors (Lipinski definition) is 1. The first-order chi connectivity index (χ1) is 12.7. The Balaban J connectivity index is 1.42. The van der Waals surface area contributed by atoms with Crippen LogP contribution in [0, 0.1) is 6.92 Å². The molecule has 1 N–H and O–H groups in total. The van der Waals surface area contributed by atoms with Crippen molar-refractivity contribution in [2.24, 2.45) is 0 Å². The van der Waals surface area contributed by atoms with E-state index in [4.69, 9.17) is 4.74 Å². The smallest absolute Gasteiger partial charge is 0.254 e. The average Bonchev–Trinajstić information content (AvgIpc) is 2.98. The highest BCUT2D eigenvalue weighted by Crippen LogP contribution is 2.23. The van der Waals surface area contributed by atoms with E-state index in [1.165, 1.54) is 18.4 Å². The van der Waals surface area contributed by atoms with Crippen LogP contribution in [0.1, 0.15) is 40.7 Å². The normalized spacial score (nSPS) is 22.1. The van der Waals surface area contributed by atoms with Crippen LogP contribution < -0.4 is 10.1 Å². The predicted octanol–water partition coefficient (Wildman–Crippen LogP) is 3.54. The van der Waals surface area contributed by atoms with Gasteiger partial charge in [0.1, 0.15) is 12.4 Å². The summed E-state index contributed by atoms with van der Waals surface area (Å²) < 4.78 is 5.92. The van der Waals surface area contributed by atoms with Crippen LogP contribution in [0.15, 0.2) is 48.5 Å². The lowest BCUT2D eigenvalue weighted by Crippen LogP contribution is -2.39. The number of hydrogen-bond acceptors (Lipinski definition) is 3. The number of carbonyl (C=O) groups is 1. The number of rotatable bonds is 4. The first-order valence-electron chi connectivity index (χ1n) is 9.51. The first-order valence-corrected chi connectivity index (χ1v) is 9.51. The molecule has 0 aliphatic carbocycles. The van der Waals surface area contributed by atoms with E-state index in [1.54, 1.807) is 0 Å². The van der Waals surface area contributed by atoms with Gasteiger partial charge in [-0.15, -0.1) is 0 Å². The van der Waals surface area contributed by atoms with Crippen LogP contribution in [0.25, 0.3) is 0 Å². The fraction of sp³-hybridized carbons (Fsp3) is 0.409. The molecule has 4 nitrogen and oxygen atoms in total. The zero-order valence-corrected chi connectivity index (χ0v) is 15.3. The molecule has 4 heteroatoms. The van der Waals surface area contributed by atoms with E-state index in [-0.39, 0.29) is 5.91 Å². The zero-order valence-electron chi connectivity index (χ0n) is 15.3. The topological polar surface area (TPSA) is 41.6 Å². The van der Waals surface area contributed by atoms with Crippen molar-refractivity contribution in [2.45, 2.75) is 44.9 Å². The van der Waals surface area contributed by atoms with Gasteiger partial charge in [-0.1, -0.05) is 35.9 Å². The summed E-state index contributed by atoms with van der Waals surface area (Å²) in [6.45, 7) is 4.23. The summed E-state index contributed by atoms with van der Waals surface area (Å²) in [5, 5.41) is 3.62. The molecule has 2 fully saturated rings. The Labute approximate surface area is 155 Å². The van der Waals surface area contributed by atoms with E-state index in [0.717, 1.165) is 30.8 Å². The maximum Gasteiger partial charge on any atom is 0.254 e. The minimum Gasteiger partial charge on any atom is -0.489 e. The summed E-state index contributed by atoms with van der Waals surface area (Å²) >= 11 is 0. The summed E-state index contributed by atoms with van der Waals surface area (Å²) in [6, 6.07) is 16.9. The highest BCUT2D eigenvalue weighted by Gasteiger charge is 2.31. The molecule has 2 bridgehead atoms. The van der Waals surface area contributed by atoms with Crippen molar-refractivity contribution in [1.29, 1.82) is 0 Å². The van der Waals surface area contributed by atoms with Gasteiger partial charge in [0.25, 0.3) is 5.91 Å². The molecule has 2 unspecified atom stereocenters. The van der Waals surface area contributed by atoms with Gasteiger partial charge in [0.15, 0.2) is 0 Å². The summed E-state index contributed by atoms with van der Waals surface area (Å²) in [7, 11) is 0. The standard InChI is InChI=1S/C22H26N2O2/c1-16-4-2-5-17(12-16)15-26-21-7-3-6-18(13-21)22(25)24-11-10-19-8-9-20(14-24)23-19/h2-7,12-13,19-20,23H,8-11,14-15H2,1H3. The average molecular weight is 350 g/mol. The molecule has 2 aliphatic heterocycles. The molecule has 136 valence electrons. The zero-order chi connectivity index (χ0) is 17.9. The Morgan fingerprint density at radius 1 is 1.12 bits per heavy atom. The van der Waals surface area contributed by atoms with Crippen molar-refractivity contribution in [2.75, 3.05) is 13.1 Å². The van der Waals surface area contributed by atoms with Crippen LogP contribution in [0.4, 0.5) is 0 Å². The second-order valence-electron chi connectivity index (χ2n) is 7.48. The number of nitrogens with zero attached hydrogens (tertiary/aromatic N) is 1. The van der Waals surface area contributed by atoms with Crippen LogP contribution in [0.5, 0.6) is 5.75 Å². The van der Waals surface area contributed by atoms with Crippen molar-refractivity contribution in [3.63, 3.8) is 0 Å². The summed E-state index contributed by atoms with van der Waals surface area (Å²) in [4.78, 5) is 14.9. The number of ether oxygens (including phenoxy) is 1. The van der Waals surface area contributed by atoms with Crippen LogP contribution >= 0.6 is 0 Å². The molecular formula is C22H26N2O2. The van der Waals surface area contributed by atoms with Gasteiger partial charge >= 0.3 is 0 Å². The van der Waals surface area contributed by atoms with E-state index in [9.17, 15) is 4.79 Å². The third-order valence-electron chi connectivity index (χ3n) is 5.38. The van der Waals surface area contributed by atoms with Gasteiger partial charge in [-0.25, -0.2) is 0 Å². The molecule has 2 aliphatic rings. The summed E-state index contributed by atoms with van der Waals surface area (Å²) in [5.74, 6) is 0.854. The number of likely N-dealkylation sites (tertiary alicyclic amines) is 1. The molecule has 2 saturated heterocycles. The van der Waals surface area contributed by atoms with Crippen LogP contribution in [0.3, 0.4) is 0 Å². The van der Waals surface area contributed by atoms with E-state index in [1.807, 2.05) is 35.2 Å². The summed E-state index contributed by atoms with van der Waals surface area (Å²) in [6.07, 6.45) is 3.47. The first kappa shape index (κ1) is 17.1. The molecule has 4 rings (SSSR count). The van der Waals surface area contributed by atoms with Gasteiger partial charge in [0.05, 0.1) is 0 Å². The third kappa shape index (κ3) is 3.91. The predicted molar refractivity (Wildman–Crippen MR) is 102 cm³/mol. The number of amides is 1. The molecule has 0 radical (unpaired) electrons.